The Morgan fingerprint density at radius 3 is 2.89 bits per heavy atom. The van der Waals surface area contributed by atoms with E-state index in [9.17, 15) is 10.1 Å². The maximum Gasteiger partial charge on any atom is 0.311 e. The largest absolute Gasteiger partial charge is 0.378 e. The molecule has 0 unspecified atom stereocenters. The molecule has 0 radical (unpaired) electrons. The van der Waals surface area contributed by atoms with E-state index in [-0.39, 0.29) is 5.69 Å². The van der Waals surface area contributed by atoms with Gasteiger partial charge in [-0.25, -0.2) is 0 Å². The van der Waals surface area contributed by atoms with Crippen molar-refractivity contribution in [2.24, 2.45) is 0 Å². The summed E-state index contributed by atoms with van der Waals surface area (Å²) in [6.45, 7) is 0.734. The highest BCUT2D eigenvalue weighted by Crippen LogP contribution is 2.30. The van der Waals surface area contributed by atoms with Crippen molar-refractivity contribution in [1.82, 2.24) is 4.98 Å². The van der Waals surface area contributed by atoms with E-state index >= 15 is 0 Å². The summed E-state index contributed by atoms with van der Waals surface area (Å²) >= 11 is 5.12. The molecule has 1 heterocycles. The maximum atomic E-state index is 10.8. The van der Waals surface area contributed by atoms with Crippen molar-refractivity contribution in [2.75, 3.05) is 23.9 Å². The van der Waals surface area contributed by atoms with Crippen molar-refractivity contribution in [3.63, 3.8) is 0 Å². The van der Waals surface area contributed by atoms with Gasteiger partial charge in [0, 0.05) is 12.7 Å². The van der Waals surface area contributed by atoms with Crippen LogP contribution < -0.4 is 5.32 Å². The Kier molecular flexibility index (Phi) is 7.04. The number of hydrogen-bond donors (Lipinski definition) is 1. The van der Waals surface area contributed by atoms with Gasteiger partial charge in [0.25, 0.3) is 0 Å². The van der Waals surface area contributed by atoms with Gasteiger partial charge < -0.3 is 5.32 Å². The Balaban J connectivity index is 2.48. The average Bonchev–Trinajstić information content (AvgIpc) is 2.34. The number of unbranched alkanes of at least 4 members (excludes halogenated alkanes) is 2. The predicted octanol–water partition coefficient (Wildman–Crippen LogP) is 3.70. The van der Waals surface area contributed by atoms with Gasteiger partial charge in [-0.3, -0.25) is 15.1 Å². The number of aromatic nitrogens is 1. The number of nitrogens with zero attached hydrogens (tertiary/aromatic N) is 2. The van der Waals surface area contributed by atoms with Gasteiger partial charge in [-0.1, -0.05) is 6.42 Å². The van der Waals surface area contributed by atoms with Crippen molar-refractivity contribution < 1.29 is 4.92 Å². The molecule has 0 aliphatic carbocycles. The second-order valence-electron chi connectivity index (χ2n) is 3.75. The molecule has 1 aromatic heterocycles. The molecule has 0 amide bonds. The monoisotopic (exact) mass is 333 g/mol. The molecular weight excluding hydrogens is 318 g/mol. The Morgan fingerprint density at radius 1 is 1.44 bits per heavy atom. The van der Waals surface area contributed by atoms with E-state index in [4.69, 9.17) is 0 Å². The van der Waals surface area contributed by atoms with Crippen LogP contribution >= 0.6 is 27.7 Å². The summed E-state index contributed by atoms with van der Waals surface area (Å²) in [5, 5.41) is 14.0. The van der Waals surface area contributed by atoms with Crippen LogP contribution in [0.3, 0.4) is 0 Å². The van der Waals surface area contributed by atoms with E-state index in [0.29, 0.717) is 10.2 Å². The lowest BCUT2D eigenvalue weighted by Crippen LogP contribution is -2.05. The van der Waals surface area contributed by atoms with Crippen LogP contribution in [0.1, 0.15) is 19.3 Å². The maximum absolute atomic E-state index is 10.8. The lowest BCUT2D eigenvalue weighted by atomic mass is 10.2. The highest BCUT2D eigenvalue weighted by Gasteiger charge is 2.16. The van der Waals surface area contributed by atoms with Gasteiger partial charge in [0.2, 0.25) is 0 Å². The smallest absolute Gasteiger partial charge is 0.311 e. The van der Waals surface area contributed by atoms with E-state index in [2.05, 4.69) is 32.5 Å². The molecule has 18 heavy (non-hydrogen) atoms. The van der Waals surface area contributed by atoms with Gasteiger partial charge in [-0.2, -0.15) is 11.8 Å². The van der Waals surface area contributed by atoms with Crippen LogP contribution in [0.15, 0.2) is 16.9 Å². The van der Waals surface area contributed by atoms with Gasteiger partial charge in [0.1, 0.15) is 11.9 Å². The van der Waals surface area contributed by atoms with Gasteiger partial charge in [-0.05, 0) is 40.8 Å². The Morgan fingerprint density at radius 2 is 2.22 bits per heavy atom. The fourth-order valence-corrected chi connectivity index (χ4v) is 2.45. The van der Waals surface area contributed by atoms with Crippen molar-refractivity contribution in [1.29, 1.82) is 0 Å². The standard InChI is InChI=1S/C11H16BrN3O2S/c1-18-6-4-2-3-5-14-11-9(12)7-13-8-10(11)15(16)17/h7-8H,2-6H2,1H3,(H,13,14). The minimum absolute atomic E-state index is 0.00786. The summed E-state index contributed by atoms with van der Waals surface area (Å²) < 4.78 is 0.626. The summed E-state index contributed by atoms with van der Waals surface area (Å²) in [6.07, 6.45) is 8.23. The van der Waals surface area contributed by atoms with Crippen LogP contribution in [0.5, 0.6) is 0 Å². The zero-order valence-corrected chi connectivity index (χ0v) is 12.6. The van der Waals surface area contributed by atoms with Crippen LogP contribution in [0, 0.1) is 10.1 Å². The highest BCUT2D eigenvalue weighted by molar-refractivity contribution is 9.10. The van der Waals surface area contributed by atoms with Crippen molar-refractivity contribution in [3.05, 3.63) is 27.0 Å². The lowest BCUT2D eigenvalue weighted by molar-refractivity contribution is -0.384. The minimum atomic E-state index is -0.423. The number of hydrogen-bond acceptors (Lipinski definition) is 5. The molecule has 7 heteroatoms. The summed E-state index contributed by atoms with van der Waals surface area (Å²) in [5.41, 5.74) is 0.522. The second-order valence-corrected chi connectivity index (χ2v) is 5.59. The number of pyridine rings is 1. The van der Waals surface area contributed by atoms with Crippen LogP contribution in [0.25, 0.3) is 0 Å². The lowest BCUT2D eigenvalue weighted by Gasteiger charge is -2.08. The van der Waals surface area contributed by atoms with E-state index < -0.39 is 4.92 Å². The number of nitro groups is 1. The number of anilines is 1. The van der Waals surface area contributed by atoms with Crippen molar-refractivity contribution in [2.45, 2.75) is 19.3 Å². The molecule has 5 nitrogen and oxygen atoms in total. The molecule has 0 aliphatic rings. The zero-order valence-electron chi connectivity index (χ0n) is 10.2. The highest BCUT2D eigenvalue weighted by atomic mass is 79.9. The third-order valence-corrected chi connectivity index (χ3v) is 3.70. The molecule has 1 rings (SSSR count). The Bertz CT molecular complexity index is 404. The van der Waals surface area contributed by atoms with Crippen molar-refractivity contribution in [3.8, 4) is 0 Å². The topological polar surface area (TPSA) is 68.1 Å². The molecule has 0 fully saturated rings. The quantitative estimate of drug-likeness (QED) is 0.446. The summed E-state index contributed by atoms with van der Waals surface area (Å²) in [6, 6.07) is 0. The van der Waals surface area contributed by atoms with Crippen LogP contribution in [-0.4, -0.2) is 28.5 Å². The molecule has 1 aromatic rings. The number of halogens is 1. The average molecular weight is 334 g/mol. The van der Waals surface area contributed by atoms with E-state index in [1.807, 2.05) is 11.8 Å². The van der Waals surface area contributed by atoms with E-state index in [1.54, 1.807) is 6.20 Å². The first kappa shape index (κ1) is 15.2. The number of thioether (sulfide) groups is 1. The van der Waals surface area contributed by atoms with Crippen LogP contribution in [0.2, 0.25) is 0 Å². The summed E-state index contributed by atoms with van der Waals surface area (Å²) in [7, 11) is 0. The molecular formula is C11H16BrN3O2S. The molecule has 0 spiro atoms. The number of rotatable bonds is 8. The Labute approximate surface area is 119 Å². The zero-order chi connectivity index (χ0) is 13.4. The molecule has 0 bridgehead atoms. The normalized spacial score (nSPS) is 10.3. The van der Waals surface area contributed by atoms with Gasteiger partial charge in [0.15, 0.2) is 0 Å². The van der Waals surface area contributed by atoms with Crippen LogP contribution in [-0.2, 0) is 0 Å². The first-order chi connectivity index (χ1) is 8.66. The second kappa shape index (κ2) is 8.31. The van der Waals surface area contributed by atoms with Crippen LogP contribution in [0.4, 0.5) is 11.4 Å². The van der Waals surface area contributed by atoms with Gasteiger partial charge in [0.05, 0.1) is 9.40 Å². The fraction of sp³-hybridized carbons (Fsp3) is 0.545. The van der Waals surface area contributed by atoms with E-state index in [1.165, 1.54) is 18.4 Å². The first-order valence-corrected chi connectivity index (χ1v) is 7.86. The SMILES string of the molecule is CSCCCCCNc1c(Br)cncc1[N+](=O)[O-]. The molecule has 100 valence electrons. The fourth-order valence-electron chi connectivity index (χ4n) is 1.50. The van der Waals surface area contributed by atoms with Gasteiger partial charge >= 0.3 is 5.69 Å². The predicted molar refractivity (Wildman–Crippen MR) is 79.3 cm³/mol. The van der Waals surface area contributed by atoms with Crippen molar-refractivity contribution >= 4 is 39.1 Å². The van der Waals surface area contributed by atoms with Gasteiger partial charge in [-0.15, -0.1) is 0 Å². The summed E-state index contributed by atoms with van der Waals surface area (Å²) in [5.74, 6) is 1.17. The molecule has 0 saturated carbocycles. The molecule has 0 atom stereocenters. The Hall–Kier alpha value is -0.820. The third-order valence-electron chi connectivity index (χ3n) is 2.40. The number of nitrogens with one attached hydrogen (secondary N) is 1. The first-order valence-electron chi connectivity index (χ1n) is 5.67. The molecule has 0 aromatic carbocycles. The third kappa shape index (κ3) is 4.81. The molecule has 0 saturated heterocycles. The van der Waals surface area contributed by atoms with E-state index in [0.717, 1.165) is 19.4 Å². The summed E-state index contributed by atoms with van der Waals surface area (Å²) in [4.78, 5) is 14.2. The molecule has 1 N–H and O–H groups in total. The molecule has 0 aliphatic heterocycles. The minimum Gasteiger partial charge on any atom is -0.378 e.